The summed E-state index contributed by atoms with van der Waals surface area (Å²) in [5.74, 6) is -1.02. The number of methoxy groups -OCH3 is 1. The van der Waals surface area contributed by atoms with E-state index in [-0.39, 0.29) is 35.0 Å². The Morgan fingerprint density at radius 1 is 1.13 bits per heavy atom. The number of aromatic hydroxyl groups is 1. The Hall–Kier alpha value is -4.14. The highest BCUT2D eigenvalue weighted by molar-refractivity contribution is 5.96. The number of anilines is 2. The zero-order chi connectivity index (χ0) is 21.7. The molecule has 0 atom stereocenters. The molecule has 1 heterocycles. The minimum atomic E-state index is -1.17. The third-order valence-corrected chi connectivity index (χ3v) is 4.13. The van der Waals surface area contributed by atoms with Gasteiger partial charge in [0.15, 0.2) is 5.82 Å². The molecule has 0 aliphatic heterocycles. The second-order valence-corrected chi connectivity index (χ2v) is 6.07. The number of ether oxygens (including phenoxy) is 2. The topological polar surface area (TPSA) is 131 Å². The Kier molecular flexibility index (Phi) is 6.11. The lowest BCUT2D eigenvalue weighted by Gasteiger charge is -2.13. The average molecular weight is 409 g/mol. The van der Waals surface area contributed by atoms with Gasteiger partial charge in [-0.1, -0.05) is 0 Å². The molecule has 2 aromatic carbocycles. The number of phenolic OH excluding ortho intramolecular Hbond substituents is 1. The van der Waals surface area contributed by atoms with Gasteiger partial charge in [0.1, 0.15) is 22.9 Å². The maximum atomic E-state index is 12.3. The van der Waals surface area contributed by atoms with Crippen molar-refractivity contribution in [1.82, 2.24) is 9.97 Å². The molecule has 0 fully saturated rings. The number of phenols is 1. The highest BCUT2D eigenvalue weighted by Gasteiger charge is 2.18. The molecule has 0 aliphatic rings. The predicted molar refractivity (Wildman–Crippen MR) is 108 cm³/mol. The van der Waals surface area contributed by atoms with Crippen molar-refractivity contribution in [2.24, 2.45) is 0 Å². The maximum Gasteiger partial charge on any atom is 0.343 e. The largest absolute Gasteiger partial charge is 0.506 e. The Morgan fingerprint density at radius 2 is 1.87 bits per heavy atom. The van der Waals surface area contributed by atoms with E-state index in [0.717, 1.165) is 6.07 Å². The Labute approximate surface area is 171 Å². The minimum Gasteiger partial charge on any atom is -0.506 e. The highest BCUT2D eigenvalue weighted by Crippen LogP contribution is 2.30. The van der Waals surface area contributed by atoms with Crippen LogP contribution in [0.15, 0.2) is 48.7 Å². The SMILES string of the molecule is CCOC(=O)c1cnc(-c2ccc(OC)cc2)nc1Nc1ccc(C(=O)O)cc1O. The monoisotopic (exact) mass is 409 g/mol. The molecule has 3 N–H and O–H groups in total. The third kappa shape index (κ3) is 4.46. The number of aromatic carboxylic acids is 1. The van der Waals surface area contributed by atoms with E-state index < -0.39 is 11.9 Å². The van der Waals surface area contributed by atoms with Crippen molar-refractivity contribution in [1.29, 1.82) is 0 Å². The number of carbonyl (C=O) groups is 2. The molecule has 154 valence electrons. The van der Waals surface area contributed by atoms with Gasteiger partial charge in [0.2, 0.25) is 0 Å². The van der Waals surface area contributed by atoms with Gasteiger partial charge in [-0.15, -0.1) is 0 Å². The first-order valence-corrected chi connectivity index (χ1v) is 8.94. The summed E-state index contributed by atoms with van der Waals surface area (Å²) in [5.41, 5.74) is 0.839. The number of rotatable bonds is 7. The fraction of sp³-hybridized carbons (Fsp3) is 0.143. The van der Waals surface area contributed by atoms with Crippen LogP contribution in [0.25, 0.3) is 11.4 Å². The maximum absolute atomic E-state index is 12.3. The van der Waals surface area contributed by atoms with Gasteiger partial charge in [0.25, 0.3) is 0 Å². The lowest BCUT2D eigenvalue weighted by Crippen LogP contribution is -2.11. The first kappa shape index (κ1) is 20.6. The normalized spacial score (nSPS) is 10.3. The van der Waals surface area contributed by atoms with Crippen LogP contribution in [0.1, 0.15) is 27.6 Å². The molecule has 0 unspecified atom stereocenters. The number of benzene rings is 2. The van der Waals surface area contributed by atoms with Gasteiger partial charge < -0.3 is 25.0 Å². The van der Waals surface area contributed by atoms with Crippen molar-refractivity contribution in [3.05, 3.63) is 59.8 Å². The zero-order valence-corrected chi connectivity index (χ0v) is 16.2. The summed E-state index contributed by atoms with van der Waals surface area (Å²) in [7, 11) is 1.56. The zero-order valence-electron chi connectivity index (χ0n) is 16.2. The second kappa shape index (κ2) is 8.91. The fourth-order valence-electron chi connectivity index (χ4n) is 2.61. The van der Waals surface area contributed by atoms with E-state index in [9.17, 15) is 14.7 Å². The molecule has 3 aromatic rings. The van der Waals surface area contributed by atoms with Crippen molar-refractivity contribution in [2.75, 3.05) is 19.0 Å². The van der Waals surface area contributed by atoms with Crippen LogP contribution in [0, 0.1) is 0 Å². The van der Waals surface area contributed by atoms with E-state index in [1.165, 1.54) is 18.3 Å². The van der Waals surface area contributed by atoms with E-state index in [2.05, 4.69) is 15.3 Å². The summed E-state index contributed by atoms with van der Waals surface area (Å²) >= 11 is 0. The van der Waals surface area contributed by atoms with Gasteiger partial charge in [0, 0.05) is 11.8 Å². The molecule has 0 aliphatic carbocycles. The molecule has 30 heavy (non-hydrogen) atoms. The van der Waals surface area contributed by atoms with E-state index in [1.54, 1.807) is 38.3 Å². The quantitative estimate of drug-likeness (QED) is 0.396. The number of nitrogens with one attached hydrogen (secondary N) is 1. The van der Waals surface area contributed by atoms with Crippen LogP contribution in [0.5, 0.6) is 11.5 Å². The number of carbonyl (C=O) groups excluding carboxylic acids is 1. The predicted octanol–water partition coefficient (Wildman–Crippen LogP) is 3.48. The van der Waals surface area contributed by atoms with Crippen LogP contribution >= 0.6 is 0 Å². The minimum absolute atomic E-state index is 0.0656. The number of hydrogen-bond acceptors (Lipinski definition) is 8. The van der Waals surface area contributed by atoms with Gasteiger partial charge in [0.05, 0.1) is 25.0 Å². The average Bonchev–Trinajstić information content (AvgIpc) is 2.75. The van der Waals surface area contributed by atoms with E-state index >= 15 is 0 Å². The van der Waals surface area contributed by atoms with Crippen molar-refractivity contribution in [3.8, 4) is 22.9 Å². The molecule has 3 rings (SSSR count). The second-order valence-electron chi connectivity index (χ2n) is 6.07. The molecule has 9 nitrogen and oxygen atoms in total. The molecule has 0 saturated carbocycles. The van der Waals surface area contributed by atoms with E-state index in [1.807, 2.05) is 0 Å². The van der Waals surface area contributed by atoms with Crippen molar-refractivity contribution >= 4 is 23.4 Å². The number of esters is 1. The summed E-state index contributed by atoms with van der Waals surface area (Å²) in [4.78, 5) is 32.0. The smallest absolute Gasteiger partial charge is 0.343 e. The van der Waals surface area contributed by atoms with Gasteiger partial charge >= 0.3 is 11.9 Å². The van der Waals surface area contributed by atoms with Crippen molar-refractivity contribution < 1.29 is 29.3 Å². The molecule has 9 heteroatoms. The van der Waals surface area contributed by atoms with Crippen LogP contribution in [0.4, 0.5) is 11.5 Å². The van der Waals surface area contributed by atoms with Gasteiger partial charge in [-0.25, -0.2) is 19.6 Å². The van der Waals surface area contributed by atoms with Gasteiger partial charge in [-0.2, -0.15) is 0 Å². The molecular weight excluding hydrogens is 390 g/mol. The van der Waals surface area contributed by atoms with Crippen LogP contribution in [0.2, 0.25) is 0 Å². The number of carboxylic acids is 1. The Bertz CT molecular complexity index is 1080. The number of nitrogens with zero attached hydrogens (tertiary/aromatic N) is 2. The van der Waals surface area contributed by atoms with Crippen LogP contribution in [0.3, 0.4) is 0 Å². The highest BCUT2D eigenvalue weighted by atomic mass is 16.5. The summed E-state index contributed by atoms with van der Waals surface area (Å²) in [5, 5.41) is 22.1. The van der Waals surface area contributed by atoms with Crippen molar-refractivity contribution in [3.63, 3.8) is 0 Å². The number of aromatic nitrogens is 2. The van der Waals surface area contributed by atoms with E-state index in [4.69, 9.17) is 14.6 Å². The molecule has 0 amide bonds. The third-order valence-electron chi connectivity index (χ3n) is 4.13. The molecule has 0 saturated heterocycles. The fourth-order valence-corrected chi connectivity index (χ4v) is 2.61. The molecule has 0 radical (unpaired) electrons. The lowest BCUT2D eigenvalue weighted by atomic mass is 10.1. The summed E-state index contributed by atoms with van der Waals surface area (Å²) in [6, 6.07) is 10.8. The lowest BCUT2D eigenvalue weighted by molar-refractivity contribution is 0.0526. The molecule has 1 aromatic heterocycles. The van der Waals surface area contributed by atoms with Crippen molar-refractivity contribution in [2.45, 2.75) is 6.92 Å². The van der Waals surface area contributed by atoms with Crippen LogP contribution < -0.4 is 10.1 Å². The van der Waals surface area contributed by atoms with Gasteiger partial charge in [-0.3, -0.25) is 0 Å². The number of carboxylic acid groups (broad SMARTS) is 1. The first-order chi connectivity index (χ1) is 14.4. The summed E-state index contributed by atoms with van der Waals surface area (Å²) in [6.45, 7) is 1.84. The molecular formula is C21H19N3O6. The summed E-state index contributed by atoms with van der Waals surface area (Å²) in [6.07, 6.45) is 1.33. The molecule has 0 bridgehead atoms. The van der Waals surface area contributed by atoms with Gasteiger partial charge in [-0.05, 0) is 49.4 Å². The summed E-state index contributed by atoms with van der Waals surface area (Å²) < 4.78 is 10.2. The Balaban J connectivity index is 2.02. The Morgan fingerprint density at radius 3 is 2.47 bits per heavy atom. The standard InChI is InChI=1S/C21H19N3O6/c1-3-30-21(28)15-11-22-18(12-4-7-14(29-2)8-5-12)24-19(15)23-16-9-6-13(20(26)27)10-17(16)25/h4-11,25H,3H2,1-2H3,(H,26,27)(H,22,23,24). The first-order valence-electron chi connectivity index (χ1n) is 8.94. The number of hydrogen-bond donors (Lipinski definition) is 3. The van der Waals surface area contributed by atoms with Crippen LogP contribution in [-0.2, 0) is 4.74 Å². The van der Waals surface area contributed by atoms with E-state index in [0.29, 0.717) is 17.1 Å². The molecule has 0 spiro atoms. The van der Waals surface area contributed by atoms with Crippen LogP contribution in [-0.4, -0.2) is 45.8 Å².